The lowest BCUT2D eigenvalue weighted by molar-refractivity contribution is -0.131. The summed E-state index contributed by atoms with van der Waals surface area (Å²) >= 11 is 0. The van der Waals surface area contributed by atoms with Crippen molar-refractivity contribution in [1.29, 1.82) is 0 Å². The Kier molecular flexibility index (Phi) is 12.6. The molecule has 5 heteroatoms. The van der Waals surface area contributed by atoms with Gasteiger partial charge in [0.2, 0.25) is 0 Å². The zero-order valence-corrected chi connectivity index (χ0v) is 11.1. The van der Waals surface area contributed by atoms with E-state index in [0.717, 1.165) is 25.5 Å². The molecule has 0 saturated carbocycles. The minimum atomic E-state index is -0.891. The minimum absolute atomic E-state index is 0.554. The van der Waals surface area contributed by atoms with Crippen LogP contribution < -0.4 is 0 Å². The van der Waals surface area contributed by atoms with Gasteiger partial charge in [0.25, 0.3) is 0 Å². The van der Waals surface area contributed by atoms with Gasteiger partial charge < -0.3 is 15.3 Å². The van der Waals surface area contributed by atoms with Crippen LogP contribution in [0.4, 0.5) is 0 Å². The third-order valence-electron chi connectivity index (χ3n) is 2.04. The van der Waals surface area contributed by atoms with E-state index in [-0.39, 0.29) is 0 Å². The van der Waals surface area contributed by atoms with Crippen molar-refractivity contribution in [3.63, 3.8) is 0 Å². The van der Waals surface area contributed by atoms with Crippen LogP contribution in [0.5, 0.6) is 0 Å². The summed E-state index contributed by atoms with van der Waals surface area (Å²) in [5.74, 6) is -0.891. The molecular formula is C12H25NO4. The Morgan fingerprint density at radius 1 is 1.29 bits per heavy atom. The Labute approximate surface area is 103 Å². The van der Waals surface area contributed by atoms with Crippen LogP contribution in [0.15, 0.2) is 12.2 Å². The predicted octanol–water partition coefficient (Wildman–Crippen LogP) is 1.41. The molecule has 2 atom stereocenters. The van der Waals surface area contributed by atoms with Gasteiger partial charge >= 0.3 is 5.97 Å². The van der Waals surface area contributed by atoms with Gasteiger partial charge in [0, 0.05) is 12.6 Å². The van der Waals surface area contributed by atoms with E-state index in [1.54, 1.807) is 25.7 Å². The molecule has 0 aliphatic carbocycles. The maximum absolute atomic E-state index is 9.51. The highest BCUT2D eigenvalue weighted by molar-refractivity contribution is 5.79. The van der Waals surface area contributed by atoms with E-state index in [1.165, 1.54) is 6.08 Å². The van der Waals surface area contributed by atoms with Crippen LogP contribution in [-0.2, 0) is 4.79 Å². The molecule has 0 bridgehead atoms. The monoisotopic (exact) mass is 247 g/mol. The highest BCUT2D eigenvalue weighted by atomic mass is 16.4. The van der Waals surface area contributed by atoms with Gasteiger partial charge in [0.1, 0.15) is 12.5 Å². The minimum Gasteiger partial charge on any atom is -0.478 e. The molecular weight excluding hydrogens is 222 g/mol. The maximum Gasteiger partial charge on any atom is 0.327 e. The highest BCUT2D eigenvalue weighted by Gasteiger charge is 2.14. The van der Waals surface area contributed by atoms with Crippen molar-refractivity contribution in [2.24, 2.45) is 0 Å². The fraction of sp³-hybridized carbons (Fsp3) is 0.750. The van der Waals surface area contributed by atoms with Gasteiger partial charge in [-0.15, -0.1) is 0 Å². The molecule has 0 rings (SSSR count). The lowest BCUT2D eigenvalue weighted by Crippen LogP contribution is -2.40. The molecule has 0 fully saturated rings. The van der Waals surface area contributed by atoms with Crippen molar-refractivity contribution in [2.45, 2.75) is 53.0 Å². The van der Waals surface area contributed by atoms with Gasteiger partial charge in [-0.25, -0.2) is 4.79 Å². The number of aliphatic carboxylic acids is 1. The van der Waals surface area contributed by atoms with Gasteiger partial charge in [-0.3, -0.25) is 4.90 Å². The number of allylic oxidation sites excluding steroid dienone is 1. The number of nitrogens with zero attached hydrogens (tertiary/aromatic N) is 1. The number of carboxylic acids is 1. The molecule has 17 heavy (non-hydrogen) atoms. The number of rotatable bonds is 6. The lowest BCUT2D eigenvalue weighted by Gasteiger charge is -2.27. The fourth-order valence-electron chi connectivity index (χ4n) is 1.17. The van der Waals surface area contributed by atoms with Crippen LogP contribution in [0.25, 0.3) is 0 Å². The van der Waals surface area contributed by atoms with Crippen molar-refractivity contribution in [2.75, 3.05) is 6.54 Å². The highest BCUT2D eigenvalue weighted by Crippen LogP contribution is 2.03. The number of aliphatic hydroxyl groups excluding tert-OH is 2. The van der Waals surface area contributed by atoms with Crippen LogP contribution in [0.3, 0.4) is 0 Å². The quantitative estimate of drug-likeness (QED) is 0.488. The first-order chi connectivity index (χ1) is 7.86. The van der Waals surface area contributed by atoms with E-state index in [9.17, 15) is 15.0 Å². The summed E-state index contributed by atoms with van der Waals surface area (Å²) in [4.78, 5) is 11.2. The summed E-state index contributed by atoms with van der Waals surface area (Å²) in [5.41, 5.74) is 0. The molecule has 0 radical (unpaired) electrons. The summed E-state index contributed by atoms with van der Waals surface area (Å²) < 4.78 is 0. The van der Waals surface area contributed by atoms with Gasteiger partial charge in [-0.1, -0.05) is 19.4 Å². The van der Waals surface area contributed by atoms with Crippen LogP contribution >= 0.6 is 0 Å². The third-order valence-corrected chi connectivity index (χ3v) is 2.04. The smallest absolute Gasteiger partial charge is 0.327 e. The van der Waals surface area contributed by atoms with Crippen molar-refractivity contribution in [3.8, 4) is 0 Å². The summed E-state index contributed by atoms with van der Waals surface area (Å²) in [6.45, 7) is 7.84. The van der Waals surface area contributed by atoms with Crippen LogP contribution in [-0.4, -0.2) is 45.2 Å². The molecule has 0 aliphatic rings. The zero-order chi connectivity index (χ0) is 13.8. The molecule has 0 saturated heterocycles. The maximum atomic E-state index is 9.51. The first-order valence-electron chi connectivity index (χ1n) is 5.84. The van der Waals surface area contributed by atoms with E-state index >= 15 is 0 Å². The van der Waals surface area contributed by atoms with Crippen LogP contribution in [0.2, 0.25) is 0 Å². The molecule has 3 N–H and O–H groups in total. The lowest BCUT2D eigenvalue weighted by atomic mass is 10.3. The Balaban J connectivity index is 0. The molecule has 0 aliphatic heterocycles. The normalized spacial score (nSPS) is 14.3. The molecule has 5 nitrogen and oxygen atoms in total. The summed E-state index contributed by atoms with van der Waals surface area (Å²) in [6.07, 6.45) is 3.54. The molecule has 0 spiro atoms. The van der Waals surface area contributed by atoms with E-state index in [2.05, 4.69) is 6.92 Å². The second-order valence-corrected chi connectivity index (χ2v) is 3.69. The SMILES string of the molecule is C/C=C/C(=O)O.CCCCN(C(C)O)C(C)O. The molecule has 0 aromatic heterocycles. The number of unbranched alkanes of at least 4 members (excludes halogenated alkanes) is 1. The Hall–Kier alpha value is -0.910. The first-order valence-corrected chi connectivity index (χ1v) is 5.84. The average molecular weight is 247 g/mol. The fourth-order valence-corrected chi connectivity index (χ4v) is 1.17. The van der Waals surface area contributed by atoms with Crippen LogP contribution in [0.1, 0.15) is 40.5 Å². The number of carboxylic acid groups (broad SMARTS) is 1. The third kappa shape index (κ3) is 13.0. The average Bonchev–Trinajstić information content (AvgIpc) is 2.17. The van der Waals surface area contributed by atoms with Gasteiger partial charge in [-0.05, 0) is 27.2 Å². The number of hydrogen-bond donors (Lipinski definition) is 3. The second-order valence-electron chi connectivity index (χ2n) is 3.69. The zero-order valence-electron chi connectivity index (χ0n) is 11.1. The van der Waals surface area contributed by atoms with Crippen molar-refractivity contribution in [1.82, 2.24) is 4.90 Å². The van der Waals surface area contributed by atoms with E-state index in [1.807, 2.05) is 0 Å². The second kappa shape index (κ2) is 11.6. The van der Waals surface area contributed by atoms with Crippen LogP contribution in [0, 0.1) is 0 Å². The largest absolute Gasteiger partial charge is 0.478 e. The Morgan fingerprint density at radius 3 is 1.94 bits per heavy atom. The topological polar surface area (TPSA) is 81.0 Å². The van der Waals surface area contributed by atoms with Gasteiger partial charge in [-0.2, -0.15) is 0 Å². The molecule has 0 amide bonds. The molecule has 0 heterocycles. The van der Waals surface area contributed by atoms with Gasteiger partial charge in [0.05, 0.1) is 0 Å². The van der Waals surface area contributed by atoms with E-state index < -0.39 is 18.4 Å². The van der Waals surface area contributed by atoms with E-state index in [0.29, 0.717) is 0 Å². The number of aliphatic hydroxyl groups is 2. The van der Waals surface area contributed by atoms with Crippen molar-refractivity contribution in [3.05, 3.63) is 12.2 Å². The summed E-state index contributed by atoms with van der Waals surface area (Å²) in [6, 6.07) is 0. The standard InChI is InChI=1S/C8H19NO2.C4H6O2/c1-4-5-6-9(7(2)10)8(3)11;1-2-3-4(5)6/h7-8,10-11H,4-6H2,1-3H3;2-3H,1H3,(H,5,6)/b;3-2+. The Morgan fingerprint density at radius 2 is 1.76 bits per heavy atom. The Bertz CT molecular complexity index is 207. The molecule has 2 unspecified atom stereocenters. The van der Waals surface area contributed by atoms with Gasteiger partial charge in [0.15, 0.2) is 0 Å². The van der Waals surface area contributed by atoms with Crippen molar-refractivity contribution >= 4 is 5.97 Å². The predicted molar refractivity (Wildman–Crippen MR) is 67.4 cm³/mol. The summed E-state index contributed by atoms with van der Waals surface area (Å²) in [7, 11) is 0. The molecule has 0 aromatic carbocycles. The number of carbonyl (C=O) groups is 1. The first kappa shape index (κ1) is 18.5. The number of hydrogen-bond acceptors (Lipinski definition) is 4. The summed E-state index contributed by atoms with van der Waals surface area (Å²) in [5, 5.41) is 26.2. The van der Waals surface area contributed by atoms with Crippen molar-refractivity contribution < 1.29 is 20.1 Å². The molecule has 0 aromatic rings. The molecule has 102 valence electrons. The van der Waals surface area contributed by atoms with E-state index in [4.69, 9.17) is 5.11 Å².